The fraction of sp³-hybridized carbons (Fsp3) is 0.417. The molecule has 0 aliphatic rings. The fourth-order valence-electron chi connectivity index (χ4n) is 0.945. The van der Waals surface area contributed by atoms with Crippen molar-refractivity contribution in [2.45, 2.75) is 34.6 Å². The van der Waals surface area contributed by atoms with Gasteiger partial charge < -0.3 is 5.73 Å². The van der Waals surface area contributed by atoms with Crippen LogP contribution in [0.4, 0.5) is 5.69 Å². The lowest BCUT2D eigenvalue weighted by molar-refractivity contribution is 0.0954. The van der Waals surface area contributed by atoms with Crippen molar-refractivity contribution in [2.24, 2.45) is 5.84 Å². The van der Waals surface area contributed by atoms with E-state index in [-0.39, 0.29) is 5.91 Å². The second kappa shape index (κ2) is 9.98. The summed E-state index contributed by atoms with van der Waals surface area (Å²) >= 11 is 0. The van der Waals surface area contributed by atoms with E-state index < -0.39 is 0 Å². The molecule has 0 saturated carbocycles. The maximum Gasteiger partial charge on any atom is 0.267 e. The maximum absolute atomic E-state index is 11.1. The first-order chi connectivity index (χ1) is 7.65. The Hall–Kier alpha value is -1.55. The molecule has 4 heteroatoms. The Morgan fingerprint density at radius 2 is 1.69 bits per heavy atom. The number of nitrogen functional groups attached to an aromatic ring is 2. The van der Waals surface area contributed by atoms with Crippen molar-refractivity contribution in [1.29, 1.82) is 0 Å². The average molecular weight is 225 g/mol. The van der Waals surface area contributed by atoms with Gasteiger partial charge in [-0.1, -0.05) is 39.3 Å². The highest BCUT2D eigenvalue weighted by Crippen LogP contribution is 2.12. The van der Waals surface area contributed by atoms with E-state index in [2.05, 4.69) is 0 Å². The lowest BCUT2D eigenvalue weighted by Gasteiger charge is -2.04. The highest BCUT2D eigenvalue weighted by molar-refractivity contribution is 5.98. The summed E-state index contributed by atoms with van der Waals surface area (Å²) in [7, 11) is 0. The molecule has 1 aromatic carbocycles. The van der Waals surface area contributed by atoms with Gasteiger partial charge in [0.25, 0.3) is 5.91 Å². The van der Waals surface area contributed by atoms with Gasteiger partial charge in [-0.2, -0.15) is 0 Å². The van der Waals surface area contributed by atoms with E-state index in [4.69, 9.17) is 11.6 Å². The number of nitrogens with two attached hydrogens (primary N) is 2. The Bertz CT molecular complexity index is 311. The van der Waals surface area contributed by atoms with E-state index in [9.17, 15) is 4.79 Å². The molecule has 0 bridgehead atoms. The first-order valence-electron chi connectivity index (χ1n) is 5.52. The first-order valence-corrected chi connectivity index (χ1v) is 5.52. The zero-order chi connectivity index (χ0) is 13.1. The molecule has 0 fully saturated rings. The van der Waals surface area contributed by atoms with Crippen LogP contribution in [0.3, 0.4) is 0 Å². The van der Waals surface area contributed by atoms with Crippen LogP contribution in [0.25, 0.3) is 0 Å². The largest absolute Gasteiger partial charge is 0.398 e. The molecule has 0 radical (unpaired) electrons. The van der Waals surface area contributed by atoms with E-state index in [0.717, 1.165) is 5.56 Å². The Morgan fingerprint density at radius 1 is 1.19 bits per heavy atom. The number of hydrogen-bond donors (Lipinski definition) is 3. The molecule has 5 N–H and O–H groups in total. The van der Waals surface area contributed by atoms with E-state index in [1.807, 2.05) is 46.1 Å². The van der Waals surface area contributed by atoms with Gasteiger partial charge in [0.05, 0.1) is 5.56 Å². The molecule has 0 unspecified atom stereocenters. The van der Waals surface area contributed by atoms with Gasteiger partial charge in [-0.3, -0.25) is 10.2 Å². The molecule has 92 valence electrons. The quantitative estimate of drug-likeness (QED) is 0.297. The number of nitrogens with one attached hydrogen (secondary N) is 1. The van der Waals surface area contributed by atoms with Gasteiger partial charge in [-0.05, 0) is 19.1 Å². The Morgan fingerprint density at radius 3 is 2.12 bits per heavy atom. The van der Waals surface area contributed by atoms with Crippen LogP contribution in [0.2, 0.25) is 0 Å². The predicted molar refractivity (Wildman–Crippen MR) is 69.9 cm³/mol. The highest BCUT2D eigenvalue weighted by atomic mass is 16.2. The van der Waals surface area contributed by atoms with Crippen LogP contribution >= 0.6 is 0 Å². The summed E-state index contributed by atoms with van der Waals surface area (Å²) in [6, 6.07) is 5.21. The van der Waals surface area contributed by atoms with Crippen LogP contribution in [0.1, 0.15) is 43.6 Å². The van der Waals surface area contributed by atoms with Gasteiger partial charge in [0.1, 0.15) is 0 Å². The van der Waals surface area contributed by atoms with E-state index in [1.54, 1.807) is 12.1 Å². The molecule has 16 heavy (non-hydrogen) atoms. The van der Waals surface area contributed by atoms with Gasteiger partial charge in [-0.15, -0.1) is 0 Å². The minimum absolute atomic E-state index is 0.365. The zero-order valence-corrected chi connectivity index (χ0v) is 10.8. The van der Waals surface area contributed by atoms with Crippen molar-refractivity contribution in [3.63, 3.8) is 0 Å². The first kappa shape index (κ1) is 16.9. The van der Waals surface area contributed by atoms with Crippen molar-refractivity contribution in [3.8, 4) is 0 Å². The SMILES string of the molecule is CC.CC.Cc1ccc(N)c(C(=O)NN)c1. The van der Waals surface area contributed by atoms with Gasteiger partial charge in [-0.25, -0.2) is 5.84 Å². The molecule has 0 aliphatic heterocycles. The molecule has 0 aliphatic carbocycles. The lowest BCUT2D eigenvalue weighted by atomic mass is 10.1. The molecule has 1 aromatic rings. The van der Waals surface area contributed by atoms with Crippen molar-refractivity contribution in [3.05, 3.63) is 29.3 Å². The summed E-state index contributed by atoms with van der Waals surface area (Å²) in [6.45, 7) is 9.88. The number of rotatable bonds is 1. The van der Waals surface area contributed by atoms with Crippen LogP contribution < -0.4 is 17.0 Å². The van der Waals surface area contributed by atoms with Crippen LogP contribution in [0.5, 0.6) is 0 Å². The second-order valence-corrected chi connectivity index (χ2v) is 2.56. The summed E-state index contributed by atoms with van der Waals surface area (Å²) < 4.78 is 0. The van der Waals surface area contributed by atoms with Gasteiger partial charge in [0, 0.05) is 5.69 Å². The second-order valence-electron chi connectivity index (χ2n) is 2.56. The minimum atomic E-state index is -0.365. The van der Waals surface area contributed by atoms with Gasteiger partial charge in [0.15, 0.2) is 0 Å². The van der Waals surface area contributed by atoms with Gasteiger partial charge in [0.2, 0.25) is 0 Å². The predicted octanol–water partition coefficient (Wildman–Crippen LogP) is 2.23. The fourth-order valence-corrected chi connectivity index (χ4v) is 0.945. The summed E-state index contributed by atoms with van der Waals surface area (Å²) in [5, 5.41) is 0. The summed E-state index contributed by atoms with van der Waals surface area (Å²) in [5.74, 6) is 4.60. The van der Waals surface area contributed by atoms with Gasteiger partial charge >= 0.3 is 0 Å². The van der Waals surface area contributed by atoms with Crippen LogP contribution in [-0.4, -0.2) is 5.91 Å². The third kappa shape index (κ3) is 5.36. The molecule has 0 heterocycles. The topological polar surface area (TPSA) is 81.1 Å². The molecule has 0 atom stereocenters. The third-order valence-corrected chi connectivity index (χ3v) is 1.58. The molecule has 0 aromatic heterocycles. The van der Waals surface area contributed by atoms with E-state index in [0.29, 0.717) is 11.3 Å². The normalized spacial score (nSPS) is 7.88. The average Bonchev–Trinajstić information content (AvgIpc) is 2.36. The number of hydrazine groups is 1. The summed E-state index contributed by atoms with van der Waals surface area (Å²) in [4.78, 5) is 11.1. The monoisotopic (exact) mass is 225 g/mol. The number of amides is 1. The Balaban J connectivity index is 0. The molecule has 0 spiro atoms. The van der Waals surface area contributed by atoms with Crippen molar-refractivity contribution >= 4 is 11.6 Å². The third-order valence-electron chi connectivity index (χ3n) is 1.58. The zero-order valence-electron chi connectivity index (χ0n) is 10.8. The Kier molecular flexibility index (Phi) is 10.5. The van der Waals surface area contributed by atoms with Crippen LogP contribution in [-0.2, 0) is 0 Å². The minimum Gasteiger partial charge on any atom is -0.398 e. The molecule has 1 amide bonds. The number of benzene rings is 1. The molecular formula is C12H23N3O. The van der Waals surface area contributed by atoms with Crippen molar-refractivity contribution < 1.29 is 4.79 Å². The van der Waals surface area contributed by atoms with E-state index in [1.165, 1.54) is 0 Å². The molecule has 1 rings (SSSR count). The van der Waals surface area contributed by atoms with Crippen LogP contribution in [0.15, 0.2) is 18.2 Å². The lowest BCUT2D eigenvalue weighted by Crippen LogP contribution is -2.30. The Labute approximate surface area is 98.0 Å². The standard InChI is InChI=1S/C8H11N3O.2C2H6/c1-5-2-3-7(9)6(4-5)8(12)11-10;2*1-2/h2-4H,9-10H2,1H3,(H,11,12);2*1-2H3. The summed E-state index contributed by atoms with van der Waals surface area (Å²) in [6.07, 6.45) is 0. The smallest absolute Gasteiger partial charge is 0.267 e. The molecule has 0 saturated heterocycles. The number of anilines is 1. The number of hydrogen-bond acceptors (Lipinski definition) is 3. The number of carbonyl (C=O) groups excluding carboxylic acids is 1. The number of aryl methyl sites for hydroxylation is 1. The van der Waals surface area contributed by atoms with E-state index >= 15 is 0 Å². The van der Waals surface area contributed by atoms with Crippen molar-refractivity contribution in [2.75, 3.05) is 5.73 Å². The van der Waals surface area contributed by atoms with Crippen LogP contribution in [0, 0.1) is 6.92 Å². The highest BCUT2D eigenvalue weighted by Gasteiger charge is 2.06. The van der Waals surface area contributed by atoms with Crippen molar-refractivity contribution in [1.82, 2.24) is 5.43 Å². The maximum atomic E-state index is 11.1. The molecule has 4 nitrogen and oxygen atoms in total. The number of carbonyl (C=O) groups is 1. The summed E-state index contributed by atoms with van der Waals surface area (Å²) in [5.41, 5.74) is 9.40. The molecular weight excluding hydrogens is 202 g/mol.